The van der Waals surface area contributed by atoms with E-state index >= 15 is 0 Å². The van der Waals surface area contributed by atoms with E-state index in [1.54, 1.807) is 36.4 Å². The summed E-state index contributed by atoms with van der Waals surface area (Å²) in [5.41, 5.74) is 1.37. The van der Waals surface area contributed by atoms with Crippen molar-refractivity contribution in [3.05, 3.63) is 57.4 Å². The van der Waals surface area contributed by atoms with Gasteiger partial charge in [0, 0.05) is 4.47 Å². The molecule has 0 radical (unpaired) electrons. The molecule has 27 heavy (non-hydrogen) atoms. The maximum Gasteiger partial charge on any atom is 0.271 e. The van der Waals surface area contributed by atoms with Gasteiger partial charge < -0.3 is 9.47 Å². The minimum absolute atomic E-state index is 0.0789. The maximum atomic E-state index is 12.8. The third-order valence-corrected chi connectivity index (χ3v) is 5.10. The molecule has 0 unspecified atom stereocenters. The number of nitriles is 1. The summed E-state index contributed by atoms with van der Waals surface area (Å²) >= 11 is 4.46. The van der Waals surface area contributed by atoms with E-state index in [0.717, 1.165) is 21.8 Å². The highest BCUT2D eigenvalue weighted by Gasteiger charge is 2.33. The largest absolute Gasteiger partial charge is 0.493 e. The molecule has 136 valence electrons. The maximum absolute atomic E-state index is 12.8. The van der Waals surface area contributed by atoms with E-state index < -0.39 is 0 Å². The van der Waals surface area contributed by atoms with E-state index in [2.05, 4.69) is 15.9 Å². The van der Waals surface area contributed by atoms with Crippen molar-refractivity contribution in [1.29, 1.82) is 10.7 Å². The highest BCUT2D eigenvalue weighted by atomic mass is 79.9. The van der Waals surface area contributed by atoms with Gasteiger partial charge in [0.2, 0.25) is 0 Å². The Hall–Kier alpha value is -2.76. The van der Waals surface area contributed by atoms with Crippen molar-refractivity contribution in [3.63, 3.8) is 0 Å². The van der Waals surface area contributed by atoms with Crippen molar-refractivity contribution < 1.29 is 14.3 Å². The van der Waals surface area contributed by atoms with Gasteiger partial charge in [-0.25, -0.2) is 0 Å². The number of carbonyl (C=O) groups excluding carboxylic acids is 1. The number of nitrogens with zero attached hydrogens (tertiary/aromatic N) is 2. The van der Waals surface area contributed by atoms with Gasteiger partial charge in [0.1, 0.15) is 6.07 Å². The van der Waals surface area contributed by atoms with E-state index in [4.69, 9.17) is 20.1 Å². The zero-order valence-corrected chi connectivity index (χ0v) is 16.6. The van der Waals surface area contributed by atoms with Gasteiger partial charge in [0.05, 0.1) is 17.7 Å². The Morgan fingerprint density at radius 3 is 2.67 bits per heavy atom. The predicted molar refractivity (Wildman–Crippen MR) is 109 cm³/mol. The molecule has 1 saturated heterocycles. The molecule has 3 rings (SSSR count). The molecular formula is C19H14BrN3O3S. The molecule has 8 heteroatoms. The number of benzene rings is 2. The minimum Gasteiger partial charge on any atom is -0.493 e. The summed E-state index contributed by atoms with van der Waals surface area (Å²) in [5.74, 6) is 0.668. The van der Waals surface area contributed by atoms with Gasteiger partial charge in [-0.1, -0.05) is 22.0 Å². The molecule has 0 saturated carbocycles. The SMILES string of the molecule is COc1cc(/C=C2\SC(=N)N(c3ccc(Br)cc3)C2=O)ccc1OCC#N. The summed E-state index contributed by atoms with van der Waals surface area (Å²) in [4.78, 5) is 14.6. The number of anilines is 1. The fourth-order valence-electron chi connectivity index (χ4n) is 2.47. The molecule has 1 aliphatic heterocycles. The van der Waals surface area contributed by atoms with E-state index in [1.165, 1.54) is 12.0 Å². The van der Waals surface area contributed by atoms with Crippen molar-refractivity contribution in [2.45, 2.75) is 0 Å². The lowest BCUT2D eigenvalue weighted by Crippen LogP contribution is -2.27. The number of thioether (sulfide) groups is 1. The third-order valence-electron chi connectivity index (χ3n) is 3.69. The van der Waals surface area contributed by atoms with Crippen molar-refractivity contribution in [2.24, 2.45) is 0 Å². The fourth-order valence-corrected chi connectivity index (χ4v) is 3.59. The molecule has 0 aromatic heterocycles. The lowest BCUT2D eigenvalue weighted by Gasteiger charge is -2.14. The normalized spacial score (nSPS) is 15.1. The molecule has 1 aliphatic rings. The van der Waals surface area contributed by atoms with E-state index in [-0.39, 0.29) is 17.7 Å². The first-order chi connectivity index (χ1) is 13.0. The van der Waals surface area contributed by atoms with Crippen LogP contribution in [0.2, 0.25) is 0 Å². The van der Waals surface area contributed by atoms with Gasteiger partial charge in [-0.3, -0.25) is 15.1 Å². The Kier molecular flexibility index (Phi) is 5.84. The van der Waals surface area contributed by atoms with Gasteiger partial charge >= 0.3 is 0 Å². The number of ether oxygens (including phenoxy) is 2. The molecule has 2 aromatic rings. The summed E-state index contributed by atoms with van der Waals surface area (Å²) in [7, 11) is 1.51. The van der Waals surface area contributed by atoms with Crippen LogP contribution in [0.5, 0.6) is 11.5 Å². The number of hydrogen-bond donors (Lipinski definition) is 1. The Balaban J connectivity index is 1.87. The number of carbonyl (C=O) groups is 1. The predicted octanol–water partition coefficient (Wildman–Crippen LogP) is 4.42. The van der Waals surface area contributed by atoms with Crippen LogP contribution < -0.4 is 14.4 Å². The van der Waals surface area contributed by atoms with Crippen molar-refractivity contribution in [2.75, 3.05) is 18.6 Å². The molecule has 1 N–H and O–H groups in total. The number of nitrogens with one attached hydrogen (secondary N) is 1. The molecule has 0 spiro atoms. The van der Waals surface area contributed by atoms with Gasteiger partial charge in [0.25, 0.3) is 5.91 Å². The third kappa shape index (κ3) is 4.15. The number of rotatable bonds is 5. The second kappa shape index (κ2) is 8.29. The number of halogens is 1. The van der Waals surface area contributed by atoms with Crippen LogP contribution in [0.4, 0.5) is 5.69 Å². The molecule has 1 heterocycles. The standard InChI is InChI=1S/C19H14BrN3O3S/c1-25-16-10-12(2-7-15(16)26-9-8-21)11-17-18(24)23(19(22)27-17)14-5-3-13(20)4-6-14/h2-7,10-11,22H,9H2,1H3/b17-11-,22-19?. The molecule has 0 aliphatic carbocycles. The molecule has 6 nitrogen and oxygen atoms in total. The van der Waals surface area contributed by atoms with E-state index in [0.29, 0.717) is 22.1 Å². The number of amides is 1. The second-order valence-corrected chi connectivity index (χ2v) is 7.34. The molecule has 1 amide bonds. The van der Waals surface area contributed by atoms with Gasteiger partial charge in [0.15, 0.2) is 23.3 Å². The second-order valence-electron chi connectivity index (χ2n) is 5.39. The lowest BCUT2D eigenvalue weighted by atomic mass is 10.2. The Morgan fingerprint density at radius 1 is 1.26 bits per heavy atom. The van der Waals surface area contributed by atoms with Crippen LogP contribution in [0, 0.1) is 16.7 Å². The van der Waals surface area contributed by atoms with Gasteiger partial charge in [-0.15, -0.1) is 0 Å². The first-order valence-corrected chi connectivity index (χ1v) is 9.40. The highest BCUT2D eigenvalue weighted by Crippen LogP contribution is 2.36. The molecule has 0 bridgehead atoms. The summed E-state index contributed by atoms with van der Waals surface area (Å²) in [6.07, 6.45) is 1.71. The summed E-state index contributed by atoms with van der Waals surface area (Å²) in [5, 5.41) is 16.9. The molecule has 0 atom stereocenters. The van der Waals surface area contributed by atoms with Crippen LogP contribution in [0.25, 0.3) is 6.08 Å². The van der Waals surface area contributed by atoms with Crippen molar-refractivity contribution in [1.82, 2.24) is 0 Å². The molecular weight excluding hydrogens is 430 g/mol. The minimum atomic E-state index is -0.254. The summed E-state index contributed by atoms with van der Waals surface area (Å²) in [6, 6.07) is 14.3. The zero-order valence-electron chi connectivity index (χ0n) is 14.2. The lowest BCUT2D eigenvalue weighted by molar-refractivity contribution is -0.113. The quantitative estimate of drug-likeness (QED) is 0.691. The van der Waals surface area contributed by atoms with Crippen molar-refractivity contribution in [3.8, 4) is 17.6 Å². The monoisotopic (exact) mass is 443 g/mol. The first kappa shape index (κ1) is 19.0. The fraction of sp³-hybridized carbons (Fsp3) is 0.105. The van der Waals surface area contributed by atoms with Crippen LogP contribution in [0.3, 0.4) is 0 Å². The summed E-state index contributed by atoms with van der Waals surface area (Å²) in [6.45, 7) is -0.0789. The van der Waals surface area contributed by atoms with Crippen LogP contribution in [-0.4, -0.2) is 24.8 Å². The van der Waals surface area contributed by atoms with E-state index in [1.807, 2.05) is 18.2 Å². The molecule has 1 fully saturated rings. The summed E-state index contributed by atoms with van der Waals surface area (Å²) < 4.78 is 11.5. The van der Waals surface area contributed by atoms with Crippen LogP contribution in [0.15, 0.2) is 51.8 Å². The van der Waals surface area contributed by atoms with E-state index in [9.17, 15) is 4.79 Å². The smallest absolute Gasteiger partial charge is 0.271 e. The van der Waals surface area contributed by atoms with Gasteiger partial charge in [-0.2, -0.15) is 5.26 Å². The van der Waals surface area contributed by atoms with Crippen LogP contribution >= 0.6 is 27.7 Å². The number of methoxy groups -OCH3 is 1. The molecule has 2 aromatic carbocycles. The number of hydrogen-bond acceptors (Lipinski definition) is 6. The topological polar surface area (TPSA) is 86.4 Å². The zero-order chi connectivity index (χ0) is 19.4. The van der Waals surface area contributed by atoms with Crippen LogP contribution in [-0.2, 0) is 4.79 Å². The first-order valence-electron chi connectivity index (χ1n) is 7.79. The highest BCUT2D eigenvalue weighted by molar-refractivity contribution is 9.10. The number of amidine groups is 1. The Labute approximate surface area is 169 Å². The van der Waals surface area contributed by atoms with Gasteiger partial charge in [-0.05, 0) is 59.8 Å². The Morgan fingerprint density at radius 2 is 2.00 bits per heavy atom. The average molecular weight is 444 g/mol. The Bertz CT molecular complexity index is 967. The average Bonchev–Trinajstić information content (AvgIpc) is 2.94. The van der Waals surface area contributed by atoms with Crippen molar-refractivity contribution >= 4 is 50.5 Å². The van der Waals surface area contributed by atoms with Crippen LogP contribution in [0.1, 0.15) is 5.56 Å².